The lowest BCUT2D eigenvalue weighted by Gasteiger charge is -2.38. The number of nitrogens with zero attached hydrogens (tertiary/aromatic N) is 3. The van der Waals surface area contributed by atoms with Gasteiger partial charge in [0.1, 0.15) is 0 Å². The second kappa shape index (κ2) is 4.64. The van der Waals surface area contributed by atoms with Gasteiger partial charge in [-0.3, -0.25) is 0 Å². The summed E-state index contributed by atoms with van der Waals surface area (Å²) in [5.41, 5.74) is -0.106. The van der Waals surface area contributed by atoms with Gasteiger partial charge in [0, 0.05) is 12.5 Å². The zero-order chi connectivity index (χ0) is 12.5. The predicted molar refractivity (Wildman–Crippen MR) is 65.2 cm³/mol. The molecule has 0 spiro atoms. The fourth-order valence-corrected chi connectivity index (χ4v) is 1.90. The predicted octanol–water partition coefficient (Wildman–Crippen LogP) is 2.20. The van der Waals surface area contributed by atoms with Gasteiger partial charge in [-0.25, -0.2) is 0 Å². The van der Waals surface area contributed by atoms with Gasteiger partial charge in [0.2, 0.25) is 0 Å². The molecule has 0 bridgehead atoms. The van der Waals surface area contributed by atoms with Crippen molar-refractivity contribution in [1.82, 2.24) is 10.1 Å². The second-order valence-corrected chi connectivity index (χ2v) is 5.16. The summed E-state index contributed by atoms with van der Waals surface area (Å²) in [6.07, 6.45) is 0.981. The average molecular weight is 239 g/mol. The van der Waals surface area contributed by atoms with Crippen LogP contribution in [0.4, 0.5) is 6.01 Å². The lowest BCUT2D eigenvalue weighted by atomic mass is 10.0. The molecule has 5 nitrogen and oxygen atoms in total. The maximum atomic E-state index is 5.79. The first-order chi connectivity index (χ1) is 8.04. The van der Waals surface area contributed by atoms with E-state index < -0.39 is 0 Å². The maximum Gasteiger partial charge on any atom is 0.324 e. The van der Waals surface area contributed by atoms with Crippen molar-refractivity contribution >= 4 is 6.01 Å². The van der Waals surface area contributed by atoms with Crippen molar-refractivity contribution in [2.24, 2.45) is 0 Å². The highest BCUT2D eigenvalue weighted by molar-refractivity contribution is 5.27. The number of hydrogen-bond donors (Lipinski definition) is 0. The minimum Gasteiger partial charge on any atom is -0.372 e. The number of hydrogen-bond acceptors (Lipinski definition) is 5. The van der Waals surface area contributed by atoms with Crippen LogP contribution in [0.15, 0.2) is 4.52 Å². The molecule has 2 rings (SSSR count). The highest BCUT2D eigenvalue weighted by Gasteiger charge is 2.32. The van der Waals surface area contributed by atoms with Gasteiger partial charge in [-0.1, -0.05) is 25.9 Å². The molecule has 96 valence electrons. The first-order valence-electron chi connectivity index (χ1n) is 6.26. The van der Waals surface area contributed by atoms with E-state index in [1.165, 1.54) is 0 Å². The summed E-state index contributed by atoms with van der Waals surface area (Å²) in [4.78, 5) is 6.54. The molecule has 5 heteroatoms. The summed E-state index contributed by atoms with van der Waals surface area (Å²) < 4.78 is 11.1. The van der Waals surface area contributed by atoms with Gasteiger partial charge in [-0.05, 0) is 13.3 Å². The number of aromatic nitrogens is 2. The molecule has 0 saturated carbocycles. The standard InChI is InChI=1S/C12H21N3O2/c1-5-12(4)8-15(6-7-16-12)11-13-10(9(2)3)14-17-11/h9H,5-8H2,1-4H3. The molecule has 1 aromatic heterocycles. The number of anilines is 1. The summed E-state index contributed by atoms with van der Waals surface area (Å²) >= 11 is 0. The maximum absolute atomic E-state index is 5.79. The highest BCUT2D eigenvalue weighted by atomic mass is 16.5. The van der Waals surface area contributed by atoms with E-state index in [4.69, 9.17) is 9.26 Å². The molecule has 1 aliphatic rings. The van der Waals surface area contributed by atoms with Crippen LogP contribution in [0.25, 0.3) is 0 Å². The van der Waals surface area contributed by atoms with E-state index in [9.17, 15) is 0 Å². The second-order valence-electron chi connectivity index (χ2n) is 5.16. The van der Waals surface area contributed by atoms with Gasteiger partial charge in [0.05, 0.1) is 18.8 Å². The molecule has 1 aliphatic heterocycles. The SMILES string of the molecule is CCC1(C)CN(c2nc(C(C)C)no2)CCO1. The molecule has 1 unspecified atom stereocenters. The Hall–Kier alpha value is -1.10. The topological polar surface area (TPSA) is 51.4 Å². The third kappa shape index (κ3) is 2.60. The molecule has 0 aromatic carbocycles. The monoisotopic (exact) mass is 239 g/mol. The third-order valence-electron chi connectivity index (χ3n) is 3.30. The van der Waals surface area contributed by atoms with E-state index in [2.05, 4.69) is 42.7 Å². The van der Waals surface area contributed by atoms with E-state index in [0.717, 1.165) is 25.3 Å². The van der Waals surface area contributed by atoms with Gasteiger partial charge in [-0.15, -0.1) is 0 Å². The summed E-state index contributed by atoms with van der Waals surface area (Å²) in [6.45, 7) is 10.7. The van der Waals surface area contributed by atoms with Crippen LogP contribution >= 0.6 is 0 Å². The lowest BCUT2D eigenvalue weighted by Crippen LogP contribution is -2.50. The normalized spacial score (nSPS) is 25.6. The van der Waals surface area contributed by atoms with Gasteiger partial charge in [-0.2, -0.15) is 4.98 Å². The van der Waals surface area contributed by atoms with Crippen molar-refractivity contribution < 1.29 is 9.26 Å². The largest absolute Gasteiger partial charge is 0.372 e. The van der Waals surface area contributed by atoms with Crippen molar-refractivity contribution in [1.29, 1.82) is 0 Å². The number of ether oxygens (including phenoxy) is 1. The highest BCUT2D eigenvalue weighted by Crippen LogP contribution is 2.25. The summed E-state index contributed by atoms with van der Waals surface area (Å²) in [5.74, 6) is 1.07. The molecule has 1 aromatic rings. The van der Waals surface area contributed by atoms with E-state index in [-0.39, 0.29) is 5.60 Å². The minimum absolute atomic E-state index is 0.106. The number of rotatable bonds is 3. The quantitative estimate of drug-likeness (QED) is 0.809. The van der Waals surface area contributed by atoms with Crippen molar-refractivity contribution in [3.63, 3.8) is 0 Å². The van der Waals surface area contributed by atoms with Crippen molar-refractivity contribution in [3.05, 3.63) is 5.82 Å². The minimum atomic E-state index is -0.106. The summed E-state index contributed by atoms with van der Waals surface area (Å²) in [5, 5.41) is 4.00. The molecular weight excluding hydrogens is 218 g/mol. The Morgan fingerprint density at radius 3 is 2.82 bits per heavy atom. The first-order valence-corrected chi connectivity index (χ1v) is 6.26. The molecular formula is C12H21N3O2. The van der Waals surface area contributed by atoms with Crippen LogP contribution in [0.5, 0.6) is 0 Å². The molecule has 17 heavy (non-hydrogen) atoms. The Bertz CT molecular complexity index is 378. The van der Waals surface area contributed by atoms with Crippen LogP contribution in [-0.4, -0.2) is 35.4 Å². The van der Waals surface area contributed by atoms with Gasteiger partial charge in [0.25, 0.3) is 0 Å². The fourth-order valence-electron chi connectivity index (χ4n) is 1.90. The van der Waals surface area contributed by atoms with E-state index >= 15 is 0 Å². The van der Waals surface area contributed by atoms with Crippen LogP contribution < -0.4 is 4.90 Å². The lowest BCUT2D eigenvalue weighted by molar-refractivity contribution is -0.0455. The fraction of sp³-hybridized carbons (Fsp3) is 0.833. The average Bonchev–Trinajstić information content (AvgIpc) is 2.78. The van der Waals surface area contributed by atoms with Crippen molar-refractivity contribution in [2.75, 3.05) is 24.6 Å². The smallest absolute Gasteiger partial charge is 0.324 e. The molecule has 0 aliphatic carbocycles. The third-order valence-corrected chi connectivity index (χ3v) is 3.30. The molecule has 1 saturated heterocycles. The van der Waals surface area contributed by atoms with Gasteiger partial charge >= 0.3 is 6.01 Å². The first kappa shape index (κ1) is 12.4. The summed E-state index contributed by atoms with van der Waals surface area (Å²) in [6, 6.07) is 0.622. The van der Waals surface area contributed by atoms with Crippen LogP contribution in [0.1, 0.15) is 45.9 Å². The molecule has 2 heterocycles. The molecule has 0 radical (unpaired) electrons. The Balaban J connectivity index is 2.11. The van der Waals surface area contributed by atoms with E-state index in [1.807, 2.05) is 0 Å². The molecule has 0 amide bonds. The van der Waals surface area contributed by atoms with Crippen molar-refractivity contribution in [3.8, 4) is 0 Å². The molecule has 1 fully saturated rings. The Morgan fingerprint density at radius 2 is 2.24 bits per heavy atom. The van der Waals surface area contributed by atoms with Crippen LogP contribution in [-0.2, 0) is 4.74 Å². The van der Waals surface area contributed by atoms with E-state index in [1.54, 1.807) is 0 Å². The van der Waals surface area contributed by atoms with Crippen LogP contribution in [0.3, 0.4) is 0 Å². The van der Waals surface area contributed by atoms with Gasteiger partial charge in [0.15, 0.2) is 5.82 Å². The Morgan fingerprint density at radius 1 is 1.47 bits per heavy atom. The molecule has 1 atom stereocenters. The summed E-state index contributed by atoms with van der Waals surface area (Å²) in [7, 11) is 0. The number of morpholine rings is 1. The molecule has 0 N–H and O–H groups in total. The zero-order valence-corrected chi connectivity index (χ0v) is 11.1. The van der Waals surface area contributed by atoms with Crippen molar-refractivity contribution in [2.45, 2.75) is 45.6 Å². The van der Waals surface area contributed by atoms with Crippen LogP contribution in [0, 0.1) is 0 Å². The zero-order valence-electron chi connectivity index (χ0n) is 11.1. The Kier molecular flexibility index (Phi) is 3.38. The van der Waals surface area contributed by atoms with Gasteiger partial charge < -0.3 is 14.2 Å². The van der Waals surface area contributed by atoms with E-state index in [0.29, 0.717) is 18.5 Å². The van der Waals surface area contributed by atoms with Crippen LogP contribution in [0.2, 0.25) is 0 Å². The Labute approximate surface area is 102 Å².